The van der Waals surface area contributed by atoms with Crippen LogP contribution in [-0.2, 0) is 20.7 Å². The van der Waals surface area contributed by atoms with E-state index in [4.69, 9.17) is 9.47 Å². The van der Waals surface area contributed by atoms with Gasteiger partial charge in [-0.1, -0.05) is 37.3 Å². The summed E-state index contributed by atoms with van der Waals surface area (Å²) in [5.74, 6) is -0.198. The summed E-state index contributed by atoms with van der Waals surface area (Å²) in [7, 11) is 0. The largest absolute Gasteiger partial charge is 0.466 e. The van der Waals surface area contributed by atoms with Crippen molar-refractivity contribution in [1.29, 1.82) is 0 Å². The minimum absolute atomic E-state index is 0.0172. The molecule has 0 bridgehead atoms. The zero-order valence-electron chi connectivity index (χ0n) is 15.3. The first-order valence-corrected chi connectivity index (χ1v) is 9.01. The molecule has 25 heavy (non-hydrogen) atoms. The van der Waals surface area contributed by atoms with Crippen LogP contribution in [0.25, 0.3) is 0 Å². The van der Waals surface area contributed by atoms with E-state index in [1.807, 2.05) is 30.1 Å². The Morgan fingerprint density at radius 3 is 2.36 bits per heavy atom. The van der Waals surface area contributed by atoms with Crippen LogP contribution in [0.15, 0.2) is 30.3 Å². The van der Waals surface area contributed by atoms with Crippen molar-refractivity contribution in [2.24, 2.45) is 5.92 Å². The number of benzene rings is 1. The monoisotopic (exact) mass is 348 g/mol. The van der Waals surface area contributed by atoms with Crippen molar-refractivity contribution in [2.45, 2.75) is 39.7 Å². The van der Waals surface area contributed by atoms with Gasteiger partial charge in [0.15, 0.2) is 0 Å². The molecule has 1 amide bonds. The zero-order chi connectivity index (χ0) is 18.2. The molecule has 0 aromatic heterocycles. The van der Waals surface area contributed by atoms with Gasteiger partial charge in [-0.2, -0.15) is 0 Å². The van der Waals surface area contributed by atoms with Crippen LogP contribution >= 0.6 is 0 Å². The summed E-state index contributed by atoms with van der Waals surface area (Å²) in [5.41, 5.74) is 1.19. The van der Waals surface area contributed by atoms with Crippen molar-refractivity contribution in [3.8, 4) is 0 Å². The maximum atomic E-state index is 12.3. The van der Waals surface area contributed by atoms with Crippen molar-refractivity contribution >= 4 is 12.1 Å². The standard InChI is InChI=1S/C19H28N2O4/c1-4-20-17(12-15-10-8-7-9-11-15)16(13-18(22)24-5-2)14-21(20)19(23)25-6-3/h7-11,16-17H,4-6,12-14H2,1-3H3/t16-,17+/m0/s1. The van der Waals surface area contributed by atoms with Gasteiger partial charge in [0.05, 0.1) is 19.6 Å². The van der Waals surface area contributed by atoms with Gasteiger partial charge in [-0.15, -0.1) is 0 Å². The molecule has 1 aliphatic rings. The number of nitrogens with zero attached hydrogens (tertiary/aromatic N) is 2. The lowest BCUT2D eigenvalue weighted by Crippen LogP contribution is -2.45. The molecule has 1 aromatic carbocycles. The molecule has 1 aromatic rings. The minimum Gasteiger partial charge on any atom is -0.466 e. The lowest BCUT2D eigenvalue weighted by molar-refractivity contribution is -0.144. The quantitative estimate of drug-likeness (QED) is 0.709. The highest BCUT2D eigenvalue weighted by molar-refractivity contribution is 5.71. The molecule has 0 N–H and O–H groups in total. The average Bonchev–Trinajstić information content (AvgIpc) is 2.93. The SMILES string of the molecule is CCOC(=O)C[C@H]1CN(C(=O)OCC)N(CC)[C@@H]1Cc1ccccc1. The zero-order valence-corrected chi connectivity index (χ0v) is 15.3. The molecule has 138 valence electrons. The van der Waals surface area contributed by atoms with Crippen LogP contribution in [0, 0.1) is 5.92 Å². The predicted octanol–water partition coefficient (Wildman–Crippen LogP) is 2.88. The van der Waals surface area contributed by atoms with Crippen molar-refractivity contribution in [3.05, 3.63) is 35.9 Å². The third-order valence-corrected chi connectivity index (χ3v) is 4.47. The van der Waals surface area contributed by atoms with E-state index >= 15 is 0 Å². The lowest BCUT2D eigenvalue weighted by Gasteiger charge is -2.31. The Kier molecular flexibility index (Phi) is 7.25. The normalized spacial score (nSPS) is 20.5. The van der Waals surface area contributed by atoms with Gasteiger partial charge < -0.3 is 9.47 Å². The molecule has 6 heteroatoms. The number of hydrazine groups is 1. The predicted molar refractivity (Wildman–Crippen MR) is 94.8 cm³/mol. The molecule has 1 saturated heterocycles. The molecular formula is C19H28N2O4. The van der Waals surface area contributed by atoms with Crippen LogP contribution in [0.2, 0.25) is 0 Å². The molecule has 0 spiro atoms. The number of amides is 1. The maximum absolute atomic E-state index is 12.3. The number of carbonyl (C=O) groups is 2. The van der Waals surface area contributed by atoms with Crippen LogP contribution in [0.3, 0.4) is 0 Å². The summed E-state index contributed by atoms with van der Waals surface area (Å²) < 4.78 is 10.3. The van der Waals surface area contributed by atoms with E-state index in [2.05, 4.69) is 12.1 Å². The summed E-state index contributed by atoms with van der Waals surface area (Å²) in [6.45, 7) is 7.46. The fraction of sp³-hybridized carbons (Fsp3) is 0.579. The maximum Gasteiger partial charge on any atom is 0.424 e. The first-order chi connectivity index (χ1) is 12.1. The van der Waals surface area contributed by atoms with Gasteiger partial charge in [-0.05, 0) is 25.8 Å². The van der Waals surface area contributed by atoms with E-state index < -0.39 is 0 Å². The van der Waals surface area contributed by atoms with Gasteiger partial charge >= 0.3 is 12.1 Å². The minimum atomic E-state index is -0.353. The first-order valence-electron chi connectivity index (χ1n) is 9.01. The van der Waals surface area contributed by atoms with Crippen LogP contribution in [-0.4, -0.2) is 54.4 Å². The van der Waals surface area contributed by atoms with E-state index in [9.17, 15) is 9.59 Å². The van der Waals surface area contributed by atoms with E-state index in [0.717, 1.165) is 6.42 Å². The van der Waals surface area contributed by atoms with Crippen LogP contribution in [0.1, 0.15) is 32.8 Å². The molecule has 0 radical (unpaired) electrons. The molecule has 0 aliphatic carbocycles. The molecule has 0 unspecified atom stereocenters. The summed E-state index contributed by atoms with van der Waals surface area (Å²) in [6.07, 6.45) is 0.723. The van der Waals surface area contributed by atoms with Crippen LogP contribution < -0.4 is 0 Å². The van der Waals surface area contributed by atoms with Crippen LogP contribution in [0.4, 0.5) is 4.79 Å². The van der Waals surface area contributed by atoms with Crippen molar-refractivity contribution in [1.82, 2.24) is 10.0 Å². The van der Waals surface area contributed by atoms with E-state index in [0.29, 0.717) is 32.7 Å². The number of hydrogen-bond acceptors (Lipinski definition) is 5. The topological polar surface area (TPSA) is 59.1 Å². The third kappa shape index (κ3) is 4.95. The highest BCUT2D eigenvalue weighted by atomic mass is 16.6. The smallest absolute Gasteiger partial charge is 0.424 e. The third-order valence-electron chi connectivity index (χ3n) is 4.47. The summed E-state index contributed by atoms with van der Waals surface area (Å²) in [6, 6.07) is 10.2. The molecule has 1 fully saturated rings. The van der Waals surface area contributed by atoms with E-state index in [1.165, 1.54) is 5.56 Å². The number of esters is 1. The summed E-state index contributed by atoms with van der Waals surface area (Å²) >= 11 is 0. The number of carbonyl (C=O) groups excluding carboxylic acids is 2. The highest BCUT2D eigenvalue weighted by Gasteiger charge is 2.43. The van der Waals surface area contributed by atoms with Gasteiger partial charge in [-0.25, -0.2) is 14.8 Å². The average molecular weight is 348 g/mol. The Labute approximate surface area is 149 Å². The Hall–Kier alpha value is -2.08. The fourth-order valence-electron chi connectivity index (χ4n) is 3.42. The Bertz CT molecular complexity index is 564. The van der Waals surface area contributed by atoms with Gasteiger partial charge in [0.2, 0.25) is 0 Å². The molecule has 2 rings (SSSR count). The lowest BCUT2D eigenvalue weighted by atomic mass is 9.92. The fourth-order valence-corrected chi connectivity index (χ4v) is 3.42. The molecule has 0 saturated carbocycles. The number of rotatable bonds is 7. The number of ether oxygens (including phenoxy) is 2. The second-order valence-corrected chi connectivity index (χ2v) is 6.06. The van der Waals surface area contributed by atoms with Gasteiger partial charge in [-0.3, -0.25) is 4.79 Å². The van der Waals surface area contributed by atoms with Gasteiger partial charge in [0.25, 0.3) is 0 Å². The molecular weight excluding hydrogens is 320 g/mol. The van der Waals surface area contributed by atoms with Crippen molar-refractivity contribution in [3.63, 3.8) is 0 Å². The number of hydrogen-bond donors (Lipinski definition) is 0. The summed E-state index contributed by atoms with van der Waals surface area (Å²) in [4.78, 5) is 24.3. The first kappa shape index (κ1) is 19.2. The summed E-state index contributed by atoms with van der Waals surface area (Å²) in [5, 5.41) is 3.66. The number of likely N-dealkylation sites (N-methyl/N-ethyl adjacent to an activating group) is 1. The van der Waals surface area contributed by atoms with E-state index in [1.54, 1.807) is 18.9 Å². The Morgan fingerprint density at radius 2 is 1.76 bits per heavy atom. The molecule has 1 aliphatic heterocycles. The van der Waals surface area contributed by atoms with Gasteiger partial charge in [0, 0.05) is 25.0 Å². The van der Waals surface area contributed by atoms with Crippen molar-refractivity contribution < 1.29 is 19.1 Å². The molecule has 6 nitrogen and oxygen atoms in total. The van der Waals surface area contributed by atoms with E-state index in [-0.39, 0.29) is 24.0 Å². The second-order valence-electron chi connectivity index (χ2n) is 6.06. The van der Waals surface area contributed by atoms with Gasteiger partial charge in [0.1, 0.15) is 0 Å². The second kappa shape index (κ2) is 9.42. The molecule has 2 atom stereocenters. The Morgan fingerprint density at radius 1 is 1.08 bits per heavy atom. The Balaban J connectivity index is 2.20. The molecule has 1 heterocycles. The van der Waals surface area contributed by atoms with Crippen LogP contribution in [0.5, 0.6) is 0 Å². The van der Waals surface area contributed by atoms with Crippen molar-refractivity contribution in [2.75, 3.05) is 26.3 Å². The highest BCUT2D eigenvalue weighted by Crippen LogP contribution is 2.30.